The Kier molecular flexibility index (Phi) is 15.8. The average molecular weight is 1180 g/mol. The van der Waals surface area contributed by atoms with Crippen molar-refractivity contribution in [3.8, 4) is 22.3 Å². The summed E-state index contributed by atoms with van der Waals surface area (Å²) >= 11 is 3.72. The lowest BCUT2D eigenvalue weighted by molar-refractivity contribution is 1.18. The molecule has 12 aromatic carbocycles. The SMILES string of the molecule is Cc1ccc(-c2ccc(N(c3ccc4sc5ccc(N(C)c6ccc(C)cc6C)cc5c4c3)c3ccc(C)cc3C)cc2)cc1.Cc1ccc(-c2ccc(N(c3cccc(C)c3)c3ccc4sc5ccc(N(C)c6cccc(C)c6)cc5c4c3)cc2)cc1. The largest absolute Gasteiger partial charge is 0.345 e. The Balaban J connectivity index is 0.000000162. The van der Waals surface area contributed by atoms with Crippen molar-refractivity contribution in [1.29, 1.82) is 0 Å². The second kappa shape index (κ2) is 24.2. The second-order valence-corrected chi connectivity index (χ2v) is 26.0. The molecular weight excluding hydrogens is 1110 g/mol. The van der Waals surface area contributed by atoms with Gasteiger partial charge in [-0.1, -0.05) is 144 Å². The highest BCUT2D eigenvalue weighted by Gasteiger charge is 2.20. The van der Waals surface area contributed by atoms with Crippen LogP contribution in [0.5, 0.6) is 0 Å². The molecule has 0 fully saturated rings. The van der Waals surface area contributed by atoms with E-state index in [0.717, 1.165) is 28.4 Å². The van der Waals surface area contributed by atoms with Crippen LogP contribution < -0.4 is 19.6 Å². The van der Waals surface area contributed by atoms with Crippen LogP contribution in [0.2, 0.25) is 0 Å². The zero-order valence-electron chi connectivity index (χ0n) is 51.9. The molecule has 0 radical (unpaired) electrons. The summed E-state index contributed by atoms with van der Waals surface area (Å²) in [5.41, 5.74) is 26.8. The van der Waals surface area contributed by atoms with Gasteiger partial charge in [-0.3, -0.25) is 0 Å². The molecule has 6 heteroatoms. The van der Waals surface area contributed by atoms with Crippen molar-refractivity contribution in [1.82, 2.24) is 0 Å². The van der Waals surface area contributed by atoms with Gasteiger partial charge >= 0.3 is 0 Å². The molecule has 0 bridgehead atoms. The van der Waals surface area contributed by atoms with Gasteiger partial charge in [-0.15, -0.1) is 22.7 Å². The van der Waals surface area contributed by atoms with Crippen LogP contribution in [0.15, 0.2) is 255 Å². The van der Waals surface area contributed by atoms with Crippen LogP contribution in [0.1, 0.15) is 44.5 Å². The molecule has 88 heavy (non-hydrogen) atoms. The highest BCUT2D eigenvalue weighted by atomic mass is 32.1. The van der Waals surface area contributed by atoms with Crippen LogP contribution in [0.3, 0.4) is 0 Å². The molecule has 14 aromatic rings. The van der Waals surface area contributed by atoms with Crippen molar-refractivity contribution in [2.75, 3.05) is 33.7 Å². The first-order chi connectivity index (χ1) is 42.7. The Morgan fingerprint density at radius 3 is 0.977 bits per heavy atom. The molecule has 0 saturated carbocycles. The quantitative estimate of drug-likeness (QED) is 0.121. The lowest BCUT2D eigenvalue weighted by atomic mass is 10.0. The van der Waals surface area contributed by atoms with Gasteiger partial charge in [-0.2, -0.15) is 0 Å². The maximum absolute atomic E-state index is 2.41. The van der Waals surface area contributed by atoms with Gasteiger partial charge in [0.15, 0.2) is 0 Å². The van der Waals surface area contributed by atoms with Crippen molar-refractivity contribution in [3.63, 3.8) is 0 Å². The predicted molar refractivity (Wildman–Crippen MR) is 386 cm³/mol. The number of aryl methyl sites for hydroxylation is 8. The smallest absolute Gasteiger partial charge is 0.0490 e. The summed E-state index contributed by atoms with van der Waals surface area (Å²) < 4.78 is 5.21. The monoisotopic (exact) mass is 1180 g/mol. The molecule has 432 valence electrons. The Morgan fingerprint density at radius 2 is 0.534 bits per heavy atom. The van der Waals surface area contributed by atoms with E-state index in [0.29, 0.717) is 0 Å². The molecule has 0 unspecified atom stereocenters. The minimum absolute atomic E-state index is 1.14. The first-order valence-electron chi connectivity index (χ1n) is 30.3. The molecule has 0 aliphatic heterocycles. The fourth-order valence-corrected chi connectivity index (χ4v) is 14.4. The Bertz CT molecular complexity index is 4860. The second-order valence-electron chi connectivity index (χ2n) is 23.8. The maximum atomic E-state index is 2.41. The van der Waals surface area contributed by atoms with Crippen LogP contribution in [-0.4, -0.2) is 14.1 Å². The number of fused-ring (bicyclic) bond motifs is 6. The van der Waals surface area contributed by atoms with E-state index in [1.165, 1.54) is 136 Å². The number of nitrogens with zero attached hydrogens (tertiary/aromatic N) is 4. The van der Waals surface area contributed by atoms with Gasteiger partial charge in [0, 0.05) is 111 Å². The van der Waals surface area contributed by atoms with E-state index >= 15 is 0 Å². The van der Waals surface area contributed by atoms with Crippen LogP contribution >= 0.6 is 22.7 Å². The number of benzene rings is 12. The Labute approximate surface area is 527 Å². The minimum atomic E-state index is 1.14. The number of hydrogen-bond donors (Lipinski definition) is 0. The van der Waals surface area contributed by atoms with Crippen LogP contribution in [0, 0.1) is 55.4 Å². The molecule has 0 amide bonds. The third kappa shape index (κ3) is 11.7. The van der Waals surface area contributed by atoms with E-state index in [4.69, 9.17) is 0 Å². The van der Waals surface area contributed by atoms with Crippen LogP contribution in [0.25, 0.3) is 62.6 Å². The van der Waals surface area contributed by atoms with Crippen molar-refractivity contribution in [2.24, 2.45) is 0 Å². The summed E-state index contributed by atoms with van der Waals surface area (Å²) in [5, 5.41) is 5.15. The zero-order chi connectivity index (χ0) is 60.7. The number of anilines is 10. The first kappa shape index (κ1) is 57.4. The Morgan fingerprint density at radius 1 is 0.227 bits per heavy atom. The van der Waals surface area contributed by atoms with E-state index in [2.05, 4.69) is 344 Å². The highest BCUT2D eigenvalue weighted by molar-refractivity contribution is 7.26. The summed E-state index contributed by atoms with van der Waals surface area (Å²) in [7, 11) is 4.32. The molecule has 14 rings (SSSR count). The van der Waals surface area contributed by atoms with Gasteiger partial charge in [0.2, 0.25) is 0 Å². The van der Waals surface area contributed by atoms with E-state index in [1.807, 2.05) is 22.7 Å². The highest BCUT2D eigenvalue weighted by Crippen LogP contribution is 2.46. The molecule has 0 saturated heterocycles. The first-order valence-corrected chi connectivity index (χ1v) is 31.9. The molecular formula is C82H72N4S2. The summed E-state index contributed by atoms with van der Waals surface area (Å²) in [6, 6.07) is 93.8. The number of rotatable bonds is 12. The lowest BCUT2D eigenvalue weighted by Crippen LogP contribution is -2.11. The van der Waals surface area contributed by atoms with Gasteiger partial charge in [-0.05, 0) is 233 Å². The van der Waals surface area contributed by atoms with Gasteiger partial charge in [0.05, 0.1) is 0 Å². The van der Waals surface area contributed by atoms with E-state index in [9.17, 15) is 0 Å². The van der Waals surface area contributed by atoms with Crippen molar-refractivity contribution >= 4 is 120 Å². The molecule has 2 heterocycles. The molecule has 0 atom stereocenters. The van der Waals surface area contributed by atoms with Crippen LogP contribution in [-0.2, 0) is 0 Å². The maximum Gasteiger partial charge on any atom is 0.0490 e. The van der Waals surface area contributed by atoms with E-state index in [-0.39, 0.29) is 0 Å². The van der Waals surface area contributed by atoms with Crippen LogP contribution in [0.4, 0.5) is 56.9 Å². The minimum Gasteiger partial charge on any atom is -0.345 e. The van der Waals surface area contributed by atoms with Crippen molar-refractivity contribution < 1.29 is 0 Å². The molecule has 0 spiro atoms. The summed E-state index contributed by atoms with van der Waals surface area (Å²) in [6.07, 6.45) is 0. The summed E-state index contributed by atoms with van der Waals surface area (Å²) in [5.74, 6) is 0. The third-order valence-corrected chi connectivity index (χ3v) is 19.4. The Hall–Kier alpha value is -9.72. The fraction of sp³-hybridized carbons (Fsp3) is 0.122. The van der Waals surface area contributed by atoms with Crippen molar-refractivity contribution in [3.05, 3.63) is 299 Å². The zero-order valence-corrected chi connectivity index (χ0v) is 53.5. The topological polar surface area (TPSA) is 13.0 Å². The van der Waals surface area contributed by atoms with E-state index in [1.54, 1.807) is 0 Å². The predicted octanol–water partition coefficient (Wildman–Crippen LogP) is 24.4. The summed E-state index contributed by atoms with van der Waals surface area (Å²) in [6.45, 7) is 17.3. The molecule has 4 nitrogen and oxygen atoms in total. The summed E-state index contributed by atoms with van der Waals surface area (Å²) in [4.78, 5) is 9.35. The molecule has 0 aliphatic carbocycles. The van der Waals surface area contributed by atoms with Gasteiger partial charge in [0.1, 0.15) is 0 Å². The lowest BCUT2D eigenvalue weighted by Gasteiger charge is -2.27. The van der Waals surface area contributed by atoms with E-state index < -0.39 is 0 Å². The van der Waals surface area contributed by atoms with Gasteiger partial charge in [-0.25, -0.2) is 0 Å². The van der Waals surface area contributed by atoms with Gasteiger partial charge < -0.3 is 19.6 Å². The third-order valence-electron chi connectivity index (χ3n) is 17.1. The fourth-order valence-electron chi connectivity index (χ4n) is 12.3. The van der Waals surface area contributed by atoms with Gasteiger partial charge in [0.25, 0.3) is 0 Å². The molecule has 0 N–H and O–H groups in total. The normalized spacial score (nSPS) is 11.3. The average Bonchev–Trinajstić information content (AvgIpc) is 1.94. The standard InChI is InChI=1S/C42H38N2S.C40H34N2S/c1-27-7-11-32(12-8-27)33-13-15-34(16-14-33)44(40-20-10-29(3)24-31(40)5)36-18-22-42-38(26-36)37-25-35(17-21-41(37)45-42)43(6)39-19-9-28(2)23-30(39)4;1-27-11-13-30(14-12-27)31-15-17-32(18-16-31)42(35-10-6-8-29(3)24-35)36-20-22-40-38(26-36)37-25-34(19-21-39(37)43-40)41(4)33-9-5-7-28(2)23-33/h7-26H,1-6H3;5-26H,1-4H3. The molecule has 2 aromatic heterocycles. The number of thiophene rings is 2. The van der Waals surface area contributed by atoms with Crippen molar-refractivity contribution in [2.45, 2.75) is 55.4 Å². The molecule has 0 aliphatic rings. The number of hydrogen-bond acceptors (Lipinski definition) is 6.